The van der Waals surface area contributed by atoms with Gasteiger partial charge in [0.15, 0.2) is 4.21 Å². The lowest BCUT2D eigenvalue weighted by Gasteiger charge is -2.05. The molecule has 0 aliphatic rings. The van der Waals surface area contributed by atoms with E-state index in [1.807, 2.05) is 0 Å². The molecule has 1 heterocycles. The van der Waals surface area contributed by atoms with Gasteiger partial charge in [-0.15, -0.1) is 23.7 Å². The van der Waals surface area contributed by atoms with Gasteiger partial charge in [0.2, 0.25) is 9.84 Å². The molecule has 3 aromatic rings. The van der Waals surface area contributed by atoms with Crippen molar-refractivity contribution in [2.45, 2.75) is 15.6 Å². The molecule has 0 aliphatic carbocycles. The van der Waals surface area contributed by atoms with Crippen LogP contribution < -0.4 is 5.32 Å². The van der Waals surface area contributed by atoms with E-state index >= 15 is 0 Å². The quantitative estimate of drug-likeness (QED) is 0.707. The van der Waals surface area contributed by atoms with Crippen molar-refractivity contribution in [3.63, 3.8) is 0 Å². The van der Waals surface area contributed by atoms with Crippen LogP contribution in [0.1, 0.15) is 5.01 Å². The minimum Gasteiger partial charge on any atom is -0.314 e. The maximum atomic E-state index is 14.2. The molecule has 2 aromatic carbocycles. The molecule has 0 spiro atoms. The Hall–Kier alpha value is -1.80. The molecule has 8 heteroatoms. The van der Waals surface area contributed by atoms with E-state index in [9.17, 15) is 12.8 Å². The number of sulfone groups is 1. The Labute approximate surface area is 156 Å². The minimum absolute atomic E-state index is 0. The first-order valence-corrected chi connectivity index (χ1v) is 9.53. The molecule has 1 N–H and O–H groups in total. The summed E-state index contributed by atoms with van der Waals surface area (Å²) in [6, 6.07) is 14.2. The van der Waals surface area contributed by atoms with Crippen molar-refractivity contribution in [2.24, 2.45) is 0 Å². The third kappa shape index (κ3) is 3.90. The molecule has 0 saturated heterocycles. The van der Waals surface area contributed by atoms with Gasteiger partial charge in [0.1, 0.15) is 16.5 Å². The number of benzene rings is 2. The number of nitrogens with one attached hydrogen (secondary N) is 1. The van der Waals surface area contributed by atoms with Gasteiger partial charge < -0.3 is 5.32 Å². The highest BCUT2D eigenvalue weighted by atomic mass is 35.5. The van der Waals surface area contributed by atoms with Crippen LogP contribution in [-0.2, 0) is 16.4 Å². The average Bonchev–Trinajstić information content (AvgIpc) is 3.01. The molecule has 0 saturated carbocycles. The molecule has 0 radical (unpaired) electrons. The SMILES string of the molecule is CNCc1nc(-c2ccccc2F)c(S(=O)(=O)c2ccccc2)s1.Cl. The van der Waals surface area contributed by atoms with E-state index in [0.29, 0.717) is 11.6 Å². The molecule has 25 heavy (non-hydrogen) atoms. The summed E-state index contributed by atoms with van der Waals surface area (Å²) in [5, 5.41) is 3.53. The lowest BCUT2D eigenvalue weighted by Crippen LogP contribution is -2.04. The van der Waals surface area contributed by atoms with E-state index in [0.717, 1.165) is 11.3 Å². The highest BCUT2D eigenvalue weighted by Gasteiger charge is 2.27. The van der Waals surface area contributed by atoms with E-state index in [1.165, 1.54) is 24.3 Å². The van der Waals surface area contributed by atoms with Gasteiger partial charge in [-0.2, -0.15) is 0 Å². The second-order valence-corrected chi connectivity index (χ2v) is 8.30. The van der Waals surface area contributed by atoms with E-state index in [4.69, 9.17) is 0 Å². The Morgan fingerprint density at radius 2 is 1.72 bits per heavy atom. The molecular weight excluding hydrogens is 383 g/mol. The predicted molar refractivity (Wildman–Crippen MR) is 99.4 cm³/mol. The van der Waals surface area contributed by atoms with Gasteiger partial charge in [-0.1, -0.05) is 30.3 Å². The normalized spacial score (nSPS) is 11.1. The highest BCUT2D eigenvalue weighted by molar-refractivity contribution is 7.93. The lowest BCUT2D eigenvalue weighted by atomic mass is 10.1. The number of hydrogen-bond acceptors (Lipinski definition) is 5. The number of thiazole rings is 1. The monoisotopic (exact) mass is 398 g/mol. The fraction of sp³-hybridized carbons (Fsp3) is 0.118. The van der Waals surface area contributed by atoms with Crippen molar-refractivity contribution in [2.75, 3.05) is 7.05 Å². The van der Waals surface area contributed by atoms with E-state index in [2.05, 4.69) is 10.3 Å². The van der Waals surface area contributed by atoms with Crippen molar-refractivity contribution in [1.82, 2.24) is 10.3 Å². The topological polar surface area (TPSA) is 59.1 Å². The molecule has 0 bridgehead atoms. The standard InChI is InChI=1S/C17H15FN2O2S2.ClH/c1-19-11-15-20-16(13-9-5-6-10-14(13)18)17(23-15)24(21,22)12-7-3-2-4-8-12;/h2-10,19H,11H2,1H3;1H. The zero-order valence-corrected chi connectivity index (χ0v) is 15.7. The van der Waals surface area contributed by atoms with Crippen molar-refractivity contribution >= 4 is 33.6 Å². The van der Waals surface area contributed by atoms with Gasteiger partial charge in [-0.25, -0.2) is 17.8 Å². The van der Waals surface area contributed by atoms with Crippen molar-refractivity contribution < 1.29 is 12.8 Å². The molecule has 0 unspecified atom stereocenters. The van der Waals surface area contributed by atoms with Crippen LogP contribution in [0.3, 0.4) is 0 Å². The van der Waals surface area contributed by atoms with Gasteiger partial charge in [0.05, 0.1) is 4.90 Å². The molecule has 4 nitrogen and oxygen atoms in total. The first kappa shape index (κ1) is 19.5. The van der Waals surface area contributed by atoms with Gasteiger partial charge >= 0.3 is 0 Å². The Morgan fingerprint density at radius 1 is 1.08 bits per heavy atom. The summed E-state index contributed by atoms with van der Waals surface area (Å²) in [7, 11) is -2.02. The summed E-state index contributed by atoms with van der Waals surface area (Å²) in [5.41, 5.74) is 0.345. The van der Waals surface area contributed by atoms with Crippen LogP contribution in [-0.4, -0.2) is 20.4 Å². The molecule has 132 valence electrons. The fourth-order valence-corrected chi connectivity index (χ4v) is 5.26. The van der Waals surface area contributed by atoms with Crippen LogP contribution in [0.2, 0.25) is 0 Å². The third-order valence-electron chi connectivity index (χ3n) is 3.39. The maximum Gasteiger partial charge on any atom is 0.218 e. The third-order valence-corrected chi connectivity index (χ3v) is 6.73. The Bertz CT molecular complexity index is 960. The molecule has 0 aliphatic heterocycles. The second-order valence-electron chi connectivity index (χ2n) is 5.07. The number of hydrogen-bond donors (Lipinski definition) is 1. The summed E-state index contributed by atoms with van der Waals surface area (Å²) in [5.74, 6) is -0.497. The number of rotatable bonds is 5. The summed E-state index contributed by atoms with van der Waals surface area (Å²) in [6.45, 7) is 0.413. The van der Waals surface area contributed by atoms with E-state index in [-0.39, 0.29) is 32.8 Å². The Morgan fingerprint density at radius 3 is 2.36 bits per heavy atom. The lowest BCUT2D eigenvalue weighted by molar-refractivity contribution is 0.598. The smallest absolute Gasteiger partial charge is 0.218 e. The minimum atomic E-state index is -3.77. The van der Waals surface area contributed by atoms with Crippen molar-refractivity contribution in [3.05, 3.63) is 65.4 Å². The van der Waals surface area contributed by atoms with E-state index in [1.54, 1.807) is 37.4 Å². The zero-order valence-electron chi connectivity index (χ0n) is 13.3. The van der Waals surface area contributed by atoms with Crippen molar-refractivity contribution in [1.29, 1.82) is 0 Å². The second kappa shape index (κ2) is 8.05. The maximum absolute atomic E-state index is 14.2. The van der Waals surface area contributed by atoms with Gasteiger partial charge in [-0.05, 0) is 31.3 Å². The van der Waals surface area contributed by atoms with E-state index < -0.39 is 15.7 Å². The van der Waals surface area contributed by atoms with Crippen LogP contribution in [0, 0.1) is 5.82 Å². The average molecular weight is 399 g/mol. The summed E-state index contributed by atoms with van der Waals surface area (Å²) >= 11 is 1.06. The fourth-order valence-electron chi connectivity index (χ4n) is 2.29. The van der Waals surface area contributed by atoms with Gasteiger partial charge in [0.25, 0.3) is 0 Å². The molecule has 0 amide bonds. The first-order valence-electron chi connectivity index (χ1n) is 7.23. The highest BCUT2D eigenvalue weighted by Crippen LogP contribution is 2.36. The number of nitrogens with zero attached hydrogens (tertiary/aromatic N) is 1. The van der Waals surface area contributed by atoms with Crippen LogP contribution in [0.5, 0.6) is 0 Å². The number of halogens is 2. The zero-order chi connectivity index (χ0) is 17.2. The molecular formula is C17H16ClFN2O2S2. The Kier molecular flexibility index (Phi) is 6.29. The molecule has 3 rings (SSSR count). The molecule has 0 fully saturated rings. The Balaban J connectivity index is 0.00000225. The molecule has 1 aromatic heterocycles. The van der Waals surface area contributed by atoms with Crippen LogP contribution >= 0.6 is 23.7 Å². The largest absolute Gasteiger partial charge is 0.314 e. The summed E-state index contributed by atoms with van der Waals surface area (Å²) in [6.07, 6.45) is 0. The summed E-state index contributed by atoms with van der Waals surface area (Å²) < 4.78 is 40.2. The predicted octanol–water partition coefficient (Wildman–Crippen LogP) is 3.92. The summed E-state index contributed by atoms with van der Waals surface area (Å²) in [4.78, 5) is 4.53. The van der Waals surface area contributed by atoms with Crippen LogP contribution in [0.25, 0.3) is 11.3 Å². The van der Waals surface area contributed by atoms with Crippen LogP contribution in [0.4, 0.5) is 4.39 Å². The van der Waals surface area contributed by atoms with Crippen LogP contribution in [0.15, 0.2) is 63.7 Å². The van der Waals surface area contributed by atoms with Crippen molar-refractivity contribution in [3.8, 4) is 11.3 Å². The molecule has 0 atom stereocenters. The van der Waals surface area contributed by atoms with Gasteiger partial charge in [-0.3, -0.25) is 0 Å². The number of aromatic nitrogens is 1. The first-order chi connectivity index (χ1) is 11.5. The van der Waals surface area contributed by atoms with Gasteiger partial charge in [0, 0.05) is 12.1 Å².